The molecule has 1 aromatic heterocycles. The van der Waals surface area contributed by atoms with E-state index in [1.807, 2.05) is 0 Å². The van der Waals surface area contributed by atoms with Crippen LogP contribution in [0.2, 0.25) is 5.02 Å². The molecule has 0 N–H and O–H groups in total. The molecule has 4 atom stereocenters. The van der Waals surface area contributed by atoms with Crippen LogP contribution < -0.4 is 0 Å². The molecule has 0 amide bonds. The van der Waals surface area contributed by atoms with Crippen LogP contribution in [-0.4, -0.2) is 34.6 Å². The van der Waals surface area contributed by atoms with Crippen LogP contribution in [0.5, 0.6) is 0 Å². The van der Waals surface area contributed by atoms with E-state index in [9.17, 15) is 21.6 Å². The monoisotopic (exact) mass is 377 g/mol. The Kier molecular flexibility index (Phi) is 3.44. The van der Waals surface area contributed by atoms with Gasteiger partial charge in [-0.25, -0.2) is 26.3 Å². The molecule has 5 nitrogen and oxygen atoms in total. The topological polar surface area (TPSA) is 64.8 Å². The van der Waals surface area contributed by atoms with Crippen molar-refractivity contribution in [3.8, 4) is 0 Å². The van der Waals surface area contributed by atoms with Crippen LogP contribution >= 0.6 is 11.6 Å². The molecule has 24 heavy (non-hydrogen) atoms. The third-order valence-electron chi connectivity index (χ3n) is 4.22. The minimum absolute atomic E-state index is 0.0510. The van der Waals surface area contributed by atoms with Crippen LogP contribution in [0.1, 0.15) is 36.4 Å². The molecule has 0 saturated heterocycles. The van der Waals surface area contributed by atoms with Crippen molar-refractivity contribution in [2.75, 3.05) is 0 Å². The van der Waals surface area contributed by atoms with Gasteiger partial charge in [0.25, 0.3) is 5.16 Å². The Hall–Kier alpha value is -1.61. The highest BCUT2D eigenvalue weighted by molar-refractivity contribution is 7.92. The molecule has 10 heteroatoms. The molecule has 1 aliphatic heterocycles. The molecule has 0 bridgehead atoms. The molecular formula is C14H11ClF3N3O2S. The third-order valence-corrected chi connectivity index (χ3v) is 6.41. The Balaban J connectivity index is 1.76. The summed E-state index contributed by atoms with van der Waals surface area (Å²) in [4.78, 5) is 3.76. The summed E-state index contributed by atoms with van der Waals surface area (Å²) in [6, 6.07) is 3.04. The van der Waals surface area contributed by atoms with E-state index < -0.39 is 44.4 Å². The Bertz CT molecular complexity index is 913. The highest BCUT2D eigenvalue weighted by atomic mass is 35.5. The van der Waals surface area contributed by atoms with Crippen molar-refractivity contribution in [3.63, 3.8) is 0 Å². The molecule has 2 heterocycles. The molecule has 0 unspecified atom stereocenters. The van der Waals surface area contributed by atoms with E-state index in [2.05, 4.69) is 10.1 Å². The molecule has 0 radical (unpaired) electrons. The molecule has 1 saturated carbocycles. The Morgan fingerprint density at radius 3 is 2.54 bits per heavy atom. The number of nitrogens with zero attached hydrogens (tertiary/aromatic N) is 3. The predicted octanol–water partition coefficient (Wildman–Crippen LogP) is 2.96. The second kappa shape index (κ2) is 5.19. The highest BCUT2D eigenvalue weighted by Gasteiger charge is 2.51. The fourth-order valence-corrected chi connectivity index (χ4v) is 4.67. The summed E-state index contributed by atoms with van der Waals surface area (Å²) in [7, 11) is -4.02. The normalized spacial score (nSPS) is 28.8. The molecule has 128 valence electrons. The average Bonchev–Trinajstić information content (AvgIpc) is 2.94. The maximum Gasteiger partial charge on any atom is 0.267 e. The molecule has 2 aliphatic rings. The minimum Gasteiger partial charge on any atom is -0.246 e. The largest absolute Gasteiger partial charge is 0.267 e. The van der Waals surface area contributed by atoms with E-state index >= 15 is 0 Å². The number of rotatable bonds is 3. The van der Waals surface area contributed by atoms with Crippen molar-refractivity contribution in [1.29, 1.82) is 0 Å². The first-order chi connectivity index (χ1) is 11.3. The van der Waals surface area contributed by atoms with Crippen molar-refractivity contribution in [3.05, 3.63) is 40.4 Å². The first-order valence-corrected chi connectivity index (χ1v) is 9.14. The fourth-order valence-electron chi connectivity index (χ4n) is 2.92. The van der Waals surface area contributed by atoms with Crippen LogP contribution in [-0.2, 0) is 9.84 Å². The van der Waals surface area contributed by atoms with E-state index in [0.717, 1.165) is 10.7 Å². The maximum absolute atomic E-state index is 14.2. The van der Waals surface area contributed by atoms with Gasteiger partial charge in [0, 0.05) is 11.4 Å². The van der Waals surface area contributed by atoms with Gasteiger partial charge in [0.05, 0.1) is 6.04 Å². The number of halogens is 4. The van der Waals surface area contributed by atoms with E-state index in [1.165, 1.54) is 12.1 Å². The van der Waals surface area contributed by atoms with Gasteiger partial charge in [0.1, 0.15) is 17.2 Å². The zero-order valence-electron chi connectivity index (χ0n) is 12.0. The number of hydrogen-bond donors (Lipinski definition) is 0. The van der Waals surface area contributed by atoms with Crippen molar-refractivity contribution in [2.24, 2.45) is 0 Å². The lowest BCUT2D eigenvalue weighted by atomic mass is 10.0. The van der Waals surface area contributed by atoms with Crippen molar-refractivity contribution < 1.29 is 21.6 Å². The van der Waals surface area contributed by atoms with E-state index in [0.29, 0.717) is 5.56 Å². The molecular weight excluding hydrogens is 367 g/mol. The van der Waals surface area contributed by atoms with Crippen LogP contribution in [0.3, 0.4) is 0 Å². The van der Waals surface area contributed by atoms with Gasteiger partial charge in [0.15, 0.2) is 12.0 Å². The van der Waals surface area contributed by atoms with E-state index in [4.69, 9.17) is 11.6 Å². The number of alkyl halides is 2. The molecule has 0 spiro atoms. The Morgan fingerprint density at radius 2 is 1.92 bits per heavy atom. The zero-order chi connectivity index (χ0) is 17.2. The number of benzene rings is 1. The number of hydrogen-bond acceptors (Lipinski definition) is 4. The Morgan fingerprint density at radius 1 is 1.21 bits per heavy atom. The number of fused-ring (bicyclic) bond motifs is 1. The third kappa shape index (κ3) is 2.41. The van der Waals surface area contributed by atoms with Gasteiger partial charge in [-0.3, -0.25) is 0 Å². The molecule has 1 aliphatic carbocycles. The highest BCUT2D eigenvalue weighted by Crippen LogP contribution is 2.42. The lowest BCUT2D eigenvalue weighted by Gasteiger charge is -2.12. The summed E-state index contributed by atoms with van der Waals surface area (Å²) >= 11 is 5.82. The van der Waals surface area contributed by atoms with Gasteiger partial charge in [-0.15, -0.1) is 5.10 Å². The Labute approximate surface area is 140 Å². The molecule has 1 aromatic carbocycles. The van der Waals surface area contributed by atoms with Gasteiger partial charge < -0.3 is 0 Å². The summed E-state index contributed by atoms with van der Waals surface area (Å²) in [5, 5.41) is 2.26. The zero-order valence-corrected chi connectivity index (χ0v) is 13.6. The van der Waals surface area contributed by atoms with Crippen molar-refractivity contribution in [2.45, 2.75) is 41.6 Å². The predicted molar refractivity (Wildman–Crippen MR) is 78.5 cm³/mol. The summed E-state index contributed by atoms with van der Waals surface area (Å²) in [6.45, 7) is 0. The van der Waals surface area contributed by atoms with Gasteiger partial charge in [0.2, 0.25) is 9.84 Å². The smallest absolute Gasteiger partial charge is 0.246 e. The lowest BCUT2D eigenvalue weighted by Crippen LogP contribution is -2.14. The lowest BCUT2D eigenvalue weighted by molar-refractivity contribution is 0.326. The van der Waals surface area contributed by atoms with Gasteiger partial charge >= 0.3 is 0 Å². The van der Waals surface area contributed by atoms with E-state index in [1.54, 1.807) is 0 Å². The van der Waals surface area contributed by atoms with Crippen molar-refractivity contribution in [1.82, 2.24) is 14.8 Å². The van der Waals surface area contributed by atoms with Gasteiger partial charge in [-0.1, -0.05) is 11.6 Å². The van der Waals surface area contributed by atoms with E-state index in [-0.39, 0.29) is 23.7 Å². The summed E-state index contributed by atoms with van der Waals surface area (Å²) < 4.78 is 66.4. The number of aromatic nitrogens is 3. The number of sulfone groups is 1. The van der Waals surface area contributed by atoms with Crippen LogP contribution in [0.25, 0.3) is 0 Å². The quantitative estimate of drug-likeness (QED) is 0.825. The average molecular weight is 378 g/mol. The van der Waals surface area contributed by atoms with Crippen LogP contribution in [0.4, 0.5) is 13.2 Å². The SMILES string of the molecule is O=S(=O)(c1nc2n(n1)[C@H](c1cc(F)cc(Cl)c1)C[C@@H]2F)[C@@H]1C[C@H]1F. The fraction of sp³-hybridized carbons (Fsp3) is 0.429. The van der Waals surface area contributed by atoms with Crippen LogP contribution in [0, 0.1) is 5.82 Å². The maximum atomic E-state index is 14.2. The molecule has 4 rings (SSSR count). The first-order valence-electron chi connectivity index (χ1n) is 7.22. The van der Waals surface area contributed by atoms with Gasteiger partial charge in [-0.05, 0) is 30.2 Å². The summed E-state index contributed by atoms with van der Waals surface area (Å²) in [6.07, 6.45) is -3.14. The standard InChI is InChI=1S/C14H11ClF3N3O2S/c15-7-1-6(2-8(16)3-7)11-4-10(18)13-19-14(20-21(11)13)24(22,23)12-5-9(12)17/h1-3,9-12H,4-5H2/t9-,10+,11+,12-/m1/s1. The summed E-state index contributed by atoms with van der Waals surface area (Å²) in [5.41, 5.74) is 0.366. The second-order valence-electron chi connectivity index (χ2n) is 5.95. The molecule has 1 fully saturated rings. The first kappa shape index (κ1) is 15.9. The van der Waals surface area contributed by atoms with Crippen LogP contribution in [0.15, 0.2) is 23.4 Å². The summed E-state index contributed by atoms with van der Waals surface area (Å²) in [5.74, 6) is -0.748. The molecule has 2 aromatic rings. The second-order valence-corrected chi connectivity index (χ2v) is 8.45. The minimum atomic E-state index is -4.02. The van der Waals surface area contributed by atoms with Crippen molar-refractivity contribution >= 4 is 21.4 Å². The van der Waals surface area contributed by atoms with Gasteiger partial charge in [-0.2, -0.15) is 4.98 Å².